The molecular weight excluding hydrogens is 443 g/mol. The van der Waals surface area contributed by atoms with E-state index in [1.807, 2.05) is 30.6 Å². The number of fused-ring (bicyclic) bond motifs is 3. The number of nitrogens with zero attached hydrogens (tertiary/aromatic N) is 6. The zero-order chi connectivity index (χ0) is 23.6. The number of H-pyrrole nitrogens is 1. The molecule has 5 heterocycles. The first-order valence-electron chi connectivity index (χ1n) is 12.3. The molecular formula is C26H27FN8. The van der Waals surface area contributed by atoms with Crippen molar-refractivity contribution in [2.75, 3.05) is 36.0 Å². The monoisotopic (exact) mass is 470 g/mol. The third-order valence-corrected chi connectivity index (χ3v) is 8.31. The van der Waals surface area contributed by atoms with Gasteiger partial charge < -0.3 is 15.5 Å². The van der Waals surface area contributed by atoms with Gasteiger partial charge in [0, 0.05) is 37.8 Å². The van der Waals surface area contributed by atoms with Crippen LogP contribution in [0.15, 0.2) is 48.8 Å². The Labute approximate surface area is 202 Å². The van der Waals surface area contributed by atoms with Crippen molar-refractivity contribution >= 4 is 28.5 Å². The number of benzene rings is 1. The number of aryl methyl sites for hydroxylation is 1. The standard InChI is InChI=1S/C26H27FN8/c27-19-6-2-1-5-17(19)26(15-28)16-9-12-34(14-18(16)26)22-13-30-23-24(31-22)32-33-25(23)35-11-4-7-20-21(35)8-3-10-29-20/h1-3,5-6,8,10,13,16,18H,4,7,9,11-12,14-15,28H2,(H,31,32,33)/t16-,18+,26-/m1/s1. The maximum atomic E-state index is 14.7. The van der Waals surface area contributed by atoms with Crippen LogP contribution in [-0.2, 0) is 11.8 Å². The molecule has 1 saturated heterocycles. The highest BCUT2D eigenvalue weighted by Gasteiger charge is 2.66. The molecule has 3 N–H and O–H groups in total. The number of nitrogens with one attached hydrogen (secondary N) is 1. The average Bonchev–Trinajstić information content (AvgIpc) is 3.37. The number of aromatic nitrogens is 5. The Hall–Kier alpha value is -3.59. The highest BCUT2D eigenvalue weighted by molar-refractivity contribution is 5.87. The second-order valence-electron chi connectivity index (χ2n) is 9.87. The van der Waals surface area contributed by atoms with E-state index in [1.54, 1.807) is 12.1 Å². The van der Waals surface area contributed by atoms with Crippen molar-refractivity contribution in [1.29, 1.82) is 0 Å². The van der Waals surface area contributed by atoms with Crippen LogP contribution in [0.4, 0.5) is 21.7 Å². The highest BCUT2D eigenvalue weighted by atomic mass is 19.1. The summed E-state index contributed by atoms with van der Waals surface area (Å²) in [6, 6.07) is 11.1. The predicted octanol–water partition coefficient (Wildman–Crippen LogP) is 3.32. The fourth-order valence-corrected chi connectivity index (χ4v) is 6.57. The maximum Gasteiger partial charge on any atom is 0.183 e. The van der Waals surface area contributed by atoms with Crippen LogP contribution in [0.25, 0.3) is 11.2 Å². The van der Waals surface area contributed by atoms with Gasteiger partial charge in [-0.3, -0.25) is 10.1 Å². The Bertz CT molecular complexity index is 1420. The average molecular weight is 471 g/mol. The molecule has 0 amide bonds. The second-order valence-corrected chi connectivity index (χ2v) is 9.87. The number of rotatable bonds is 4. The summed E-state index contributed by atoms with van der Waals surface area (Å²) in [6.45, 7) is 2.97. The Morgan fingerprint density at radius 3 is 2.91 bits per heavy atom. The van der Waals surface area contributed by atoms with E-state index in [9.17, 15) is 4.39 Å². The molecule has 1 aromatic carbocycles. The number of anilines is 3. The second kappa shape index (κ2) is 7.71. The Kier molecular flexibility index (Phi) is 4.57. The van der Waals surface area contributed by atoms with Crippen LogP contribution in [0.1, 0.15) is 24.1 Å². The molecule has 0 bridgehead atoms. The Morgan fingerprint density at radius 2 is 2.03 bits per heavy atom. The molecule has 4 aromatic rings. The largest absolute Gasteiger partial charge is 0.355 e. The molecule has 1 aliphatic carbocycles. The van der Waals surface area contributed by atoms with Crippen LogP contribution >= 0.6 is 0 Å². The lowest BCUT2D eigenvalue weighted by atomic mass is 9.91. The van der Waals surface area contributed by atoms with Gasteiger partial charge in [0.05, 0.1) is 17.6 Å². The summed E-state index contributed by atoms with van der Waals surface area (Å²) in [5, 5.41) is 7.68. The SMILES string of the molecule is NC[C@]1(c2ccccc2F)[C@@H]2CCN(c3cnc4c(N5CCCc6ncccc65)n[nH]c4n3)C[C@@H]21. The molecule has 2 aliphatic heterocycles. The summed E-state index contributed by atoms with van der Waals surface area (Å²) in [7, 11) is 0. The molecule has 35 heavy (non-hydrogen) atoms. The molecule has 3 aliphatic rings. The van der Waals surface area contributed by atoms with E-state index in [-0.39, 0.29) is 11.2 Å². The summed E-state index contributed by atoms with van der Waals surface area (Å²) >= 11 is 0. The number of hydrogen-bond acceptors (Lipinski definition) is 7. The minimum Gasteiger partial charge on any atom is -0.355 e. The van der Waals surface area contributed by atoms with Crippen molar-refractivity contribution in [3.05, 3.63) is 65.9 Å². The molecule has 3 atom stereocenters. The van der Waals surface area contributed by atoms with Crippen molar-refractivity contribution in [2.45, 2.75) is 24.7 Å². The lowest BCUT2D eigenvalue weighted by molar-refractivity contribution is 0.533. The molecule has 3 aromatic heterocycles. The van der Waals surface area contributed by atoms with Gasteiger partial charge in [0.1, 0.15) is 11.6 Å². The van der Waals surface area contributed by atoms with Gasteiger partial charge in [0.15, 0.2) is 17.0 Å². The number of halogens is 1. The van der Waals surface area contributed by atoms with E-state index >= 15 is 0 Å². The number of hydrogen-bond donors (Lipinski definition) is 2. The van der Waals surface area contributed by atoms with Crippen LogP contribution in [0.2, 0.25) is 0 Å². The first-order chi connectivity index (χ1) is 17.2. The first kappa shape index (κ1) is 20.8. The Balaban J connectivity index is 1.17. The van der Waals surface area contributed by atoms with Gasteiger partial charge in [-0.15, -0.1) is 0 Å². The van der Waals surface area contributed by atoms with Crippen LogP contribution in [0, 0.1) is 17.7 Å². The number of pyridine rings is 1. The lowest BCUT2D eigenvalue weighted by Crippen LogP contribution is -2.32. The van der Waals surface area contributed by atoms with Gasteiger partial charge in [0.25, 0.3) is 0 Å². The molecule has 1 saturated carbocycles. The van der Waals surface area contributed by atoms with Gasteiger partial charge in [-0.2, -0.15) is 5.10 Å². The Morgan fingerprint density at radius 1 is 1.11 bits per heavy atom. The third-order valence-electron chi connectivity index (χ3n) is 8.31. The van der Waals surface area contributed by atoms with Crippen molar-refractivity contribution in [3.8, 4) is 0 Å². The molecule has 8 nitrogen and oxygen atoms in total. The zero-order valence-electron chi connectivity index (χ0n) is 19.4. The molecule has 0 unspecified atom stereocenters. The van der Waals surface area contributed by atoms with E-state index in [0.717, 1.165) is 73.0 Å². The summed E-state index contributed by atoms with van der Waals surface area (Å²) in [5.41, 5.74) is 10.3. The summed E-state index contributed by atoms with van der Waals surface area (Å²) < 4.78 is 14.7. The van der Waals surface area contributed by atoms with Gasteiger partial charge in [-0.1, -0.05) is 18.2 Å². The fraction of sp³-hybridized carbons (Fsp3) is 0.385. The molecule has 178 valence electrons. The van der Waals surface area contributed by atoms with Crippen molar-refractivity contribution in [2.24, 2.45) is 17.6 Å². The number of piperidine rings is 1. The van der Waals surface area contributed by atoms with Crippen LogP contribution in [0.3, 0.4) is 0 Å². The van der Waals surface area contributed by atoms with Gasteiger partial charge in [-0.05, 0) is 54.9 Å². The van der Waals surface area contributed by atoms with Crippen LogP contribution in [-0.4, -0.2) is 51.3 Å². The van der Waals surface area contributed by atoms with E-state index in [1.165, 1.54) is 0 Å². The fourth-order valence-electron chi connectivity index (χ4n) is 6.57. The zero-order valence-corrected chi connectivity index (χ0v) is 19.4. The van der Waals surface area contributed by atoms with Crippen molar-refractivity contribution in [3.63, 3.8) is 0 Å². The molecule has 7 rings (SSSR count). The quantitative estimate of drug-likeness (QED) is 0.472. The molecule has 0 spiro atoms. The summed E-state index contributed by atoms with van der Waals surface area (Å²) in [4.78, 5) is 18.6. The minimum absolute atomic E-state index is 0.153. The lowest BCUT2D eigenvalue weighted by Gasteiger charge is -2.28. The highest BCUT2D eigenvalue weighted by Crippen LogP contribution is 2.63. The van der Waals surface area contributed by atoms with E-state index in [2.05, 4.69) is 31.0 Å². The van der Waals surface area contributed by atoms with Gasteiger partial charge in [-0.25, -0.2) is 14.4 Å². The third kappa shape index (κ3) is 3.00. The predicted molar refractivity (Wildman–Crippen MR) is 132 cm³/mol. The van der Waals surface area contributed by atoms with Crippen molar-refractivity contribution in [1.82, 2.24) is 25.1 Å². The van der Waals surface area contributed by atoms with Gasteiger partial charge >= 0.3 is 0 Å². The molecule has 9 heteroatoms. The smallest absolute Gasteiger partial charge is 0.183 e. The summed E-state index contributed by atoms with van der Waals surface area (Å²) in [5.74, 6) is 2.17. The number of aromatic amines is 1. The van der Waals surface area contributed by atoms with Crippen LogP contribution in [0.5, 0.6) is 0 Å². The number of nitrogens with two attached hydrogens (primary N) is 1. The topological polar surface area (TPSA) is 99.9 Å². The maximum absolute atomic E-state index is 14.7. The van der Waals surface area contributed by atoms with E-state index in [0.29, 0.717) is 24.0 Å². The summed E-state index contributed by atoms with van der Waals surface area (Å²) in [6.07, 6.45) is 6.63. The van der Waals surface area contributed by atoms with E-state index < -0.39 is 0 Å². The minimum atomic E-state index is -0.283. The molecule has 0 radical (unpaired) electrons. The normalized spacial score (nSPS) is 25.4. The van der Waals surface area contributed by atoms with E-state index in [4.69, 9.17) is 15.7 Å². The van der Waals surface area contributed by atoms with Gasteiger partial charge in [0.2, 0.25) is 0 Å². The van der Waals surface area contributed by atoms with Crippen molar-refractivity contribution < 1.29 is 4.39 Å². The first-order valence-corrected chi connectivity index (χ1v) is 12.3. The molecule has 2 fully saturated rings. The van der Waals surface area contributed by atoms with Crippen LogP contribution < -0.4 is 15.5 Å².